The minimum absolute atomic E-state index is 0.129. The largest absolute Gasteiger partial charge is 0.337 e. The van der Waals surface area contributed by atoms with Crippen LogP contribution in [0.25, 0.3) is 11.4 Å². The van der Waals surface area contributed by atoms with Gasteiger partial charge in [0.25, 0.3) is 0 Å². The van der Waals surface area contributed by atoms with Crippen LogP contribution in [0.15, 0.2) is 23.0 Å². The molecule has 0 saturated carbocycles. The zero-order valence-corrected chi connectivity index (χ0v) is 12.0. The molecule has 1 fully saturated rings. The molecule has 106 valence electrons. The molecule has 0 amide bonds. The molecule has 2 aromatic heterocycles. The average molecular weight is 272 g/mol. The van der Waals surface area contributed by atoms with Crippen LogP contribution >= 0.6 is 0 Å². The second-order valence-corrected chi connectivity index (χ2v) is 5.48. The summed E-state index contributed by atoms with van der Waals surface area (Å²) < 4.78 is 5.56. The number of hydrogen-bond acceptors (Lipinski definition) is 5. The molecule has 1 aliphatic heterocycles. The maximum Gasteiger partial charge on any atom is 0.247 e. The third-order valence-electron chi connectivity index (χ3n) is 4.04. The van der Waals surface area contributed by atoms with Crippen LogP contribution in [-0.4, -0.2) is 21.7 Å². The normalized spacial score (nSPS) is 22.3. The summed E-state index contributed by atoms with van der Waals surface area (Å²) >= 11 is 0. The van der Waals surface area contributed by atoms with Crippen LogP contribution in [0.3, 0.4) is 0 Å². The fraction of sp³-hybridized carbons (Fsp3) is 0.533. The summed E-state index contributed by atoms with van der Waals surface area (Å²) in [5, 5.41) is 7.71. The van der Waals surface area contributed by atoms with Crippen LogP contribution in [0.1, 0.15) is 44.1 Å². The monoisotopic (exact) mass is 272 g/mol. The lowest BCUT2D eigenvalue weighted by Crippen LogP contribution is -2.36. The highest BCUT2D eigenvalue weighted by Crippen LogP contribution is 2.35. The van der Waals surface area contributed by atoms with Gasteiger partial charge in [0.15, 0.2) is 0 Å². The van der Waals surface area contributed by atoms with Crippen LogP contribution in [0.5, 0.6) is 0 Å². The first-order valence-electron chi connectivity index (χ1n) is 7.25. The van der Waals surface area contributed by atoms with E-state index in [1.165, 1.54) is 0 Å². The quantitative estimate of drug-likeness (QED) is 0.927. The van der Waals surface area contributed by atoms with Crippen LogP contribution < -0.4 is 5.32 Å². The zero-order valence-electron chi connectivity index (χ0n) is 12.0. The second-order valence-electron chi connectivity index (χ2n) is 5.48. The molecule has 2 aromatic rings. The van der Waals surface area contributed by atoms with Crippen molar-refractivity contribution in [2.45, 2.75) is 45.1 Å². The minimum atomic E-state index is -0.129. The first-order chi connectivity index (χ1) is 9.75. The number of nitrogens with one attached hydrogen (secondary N) is 1. The van der Waals surface area contributed by atoms with Gasteiger partial charge in [0.1, 0.15) is 0 Å². The van der Waals surface area contributed by atoms with E-state index in [-0.39, 0.29) is 5.54 Å². The first kappa shape index (κ1) is 13.2. The van der Waals surface area contributed by atoms with E-state index < -0.39 is 0 Å². The third-order valence-corrected chi connectivity index (χ3v) is 4.04. The Bertz CT molecular complexity index is 587. The summed E-state index contributed by atoms with van der Waals surface area (Å²) in [6.45, 7) is 5.23. The van der Waals surface area contributed by atoms with Crippen molar-refractivity contribution < 1.29 is 4.52 Å². The summed E-state index contributed by atoms with van der Waals surface area (Å²) in [6, 6.07) is 1.96. The molecule has 20 heavy (non-hydrogen) atoms. The summed E-state index contributed by atoms with van der Waals surface area (Å²) in [5.41, 5.74) is 1.92. The minimum Gasteiger partial charge on any atom is -0.337 e. The molecule has 1 saturated heterocycles. The van der Waals surface area contributed by atoms with Gasteiger partial charge in [0, 0.05) is 18.0 Å². The Morgan fingerprint density at radius 1 is 1.45 bits per heavy atom. The van der Waals surface area contributed by atoms with E-state index in [1.54, 1.807) is 12.4 Å². The van der Waals surface area contributed by atoms with Gasteiger partial charge in [-0.25, -0.2) is 0 Å². The smallest absolute Gasteiger partial charge is 0.247 e. The fourth-order valence-corrected chi connectivity index (χ4v) is 2.96. The van der Waals surface area contributed by atoms with Gasteiger partial charge >= 0.3 is 0 Å². The zero-order chi connectivity index (χ0) is 14.0. The Kier molecular flexibility index (Phi) is 3.53. The Morgan fingerprint density at radius 2 is 2.35 bits per heavy atom. The summed E-state index contributed by atoms with van der Waals surface area (Å²) in [5.74, 6) is 1.35. The molecular weight excluding hydrogens is 252 g/mol. The van der Waals surface area contributed by atoms with Gasteiger partial charge in [0.05, 0.1) is 5.54 Å². The molecule has 0 aliphatic carbocycles. The van der Waals surface area contributed by atoms with Crippen LogP contribution in [0.4, 0.5) is 0 Å². The lowest BCUT2D eigenvalue weighted by atomic mass is 9.92. The predicted molar refractivity (Wildman–Crippen MR) is 76.1 cm³/mol. The van der Waals surface area contributed by atoms with Crippen LogP contribution in [0, 0.1) is 6.92 Å². The molecule has 1 unspecified atom stereocenters. The van der Waals surface area contributed by atoms with Crippen LogP contribution in [-0.2, 0) is 5.54 Å². The summed E-state index contributed by atoms with van der Waals surface area (Å²) in [6.07, 6.45) is 7.91. The highest BCUT2D eigenvalue weighted by Gasteiger charge is 2.39. The molecule has 3 heterocycles. The molecule has 0 radical (unpaired) electrons. The number of pyridine rings is 1. The molecule has 0 aromatic carbocycles. The molecule has 1 atom stereocenters. The fourth-order valence-electron chi connectivity index (χ4n) is 2.96. The summed E-state index contributed by atoms with van der Waals surface area (Å²) in [4.78, 5) is 8.78. The Morgan fingerprint density at radius 3 is 3.05 bits per heavy atom. The van der Waals surface area contributed by atoms with Crippen molar-refractivity contribution in [2.24, 2.45) is 0 Å². The SMILES string of the molecule is CCCC1(c2nc(-c3cnccc3C)no2)CCCN1. The summed E-state index contributed by atoms with van der Waals surface area (Å²) in [7, 11) is 0. The van der Waals surface area contributed by atoms with Gasteiger partial charge in [-0.05, 0) is 44.4 Å². The number of nitrogens with zero attached hydrogens (tertiary/aromatic N) is 3. The molecule has 0 bridgehead atoms. The molecular formula is C15H20N4O. The van der Waals surface area contributed by atoms with Gasteiger partial charge in [-0.2, -0.15) is 4.98 Å². The van der Waals surface area contributed by atoms with Crippen molar-refractivity contribution in [3.8, 4) is 11.4 Å². The maximum atomic E-state index is 5.56. The second kappa shape index (κ2) is 5.32. The number of aromatic nitrogens is 3. The molecule has 5 nitrogen and oxygen atoms in total. The number of aryl methyl sites for hydroxylation is 1. The number of rotatable bonds is 4. The van der Waals surface area contributed by atoms with Crippen molar-refractivity contribution in [3.05, 3.63) is 29.9 Å². The van der Waals surface area contributed by atoms with Gasteiger partial charge < -0.3 is 9.84 Å². The van der Waals surface area contributed by atoms with Crippen molar-refractivity contribution in [1.29, 1.82) is 0 Å². The lowest BCUT2D eigenvalue weighted by molar-refractivity contribution is 0.241. The van der Waals surface area contributed by atoms with E-state index in [1.807, 2.05) is 13.0 Å². The van der Waals surface area contributed by atoms with E-state index in [4.69, 9.17) is 4.52 Å². The van der Waals surface area contributed by atoms with E-state index in [0.29, 0.717) is 5.82 Å². The average Bonchev–Trinajstić information content (AvgIpc) is 3.09. The van der Waals surface area contributed by atoms with Gasteiger partial charge in [-0.3, -0.25) is 4.98 Å². The van der Waals surface area contributed by atoms with Crippen molar-refractivity contribution in [3.63, 3.8) is 0 Å². The number of hydrogen-bond donors (Lipinski definition) is 1. The molecule has 5 heteroatoms. The van der Waals surface area contributed by atoms with Crippen molar-refractivity contribution in [1.82, 2.24) is 20.4 Å². The standard InChI is InChI=1S/C15H20N4O/c1-3-6-15(7-4-8-17-15)14-18-13(19-20-14)12-10-16-9-5-11(12)2/h5,9-10,17H,3-4,6-8H2,1-2H3. The highest BCUT2D eigenvalue weighted by molar-refractivity contribution is 5.57. The van der Waals surface area contributed by atoms with E-state index in [2.05, 4.69) is 27.4 Å². The van der Waals surface area contributed by atoms with Gasteiger partial charge in [-0.1, -0.05) is 18.5 Å². The predicted octanol–water partition coefficient (Wildman–Crippen LogP) is 2.82. The lowest BCUT2D eigenvalue weighted by Gasteiger charge is -2.24. The van der Waals surface area contributed by atoms with Crippen LogP contribution in [0.2, 0.25) is 0 Å². The Balaban J connectivity index is 1.95. The van der Waals surface area contributed by atoms with E-state index in [9.17, 15) is 0 Å². The van der Waals surface area contributed by atoms with Gasteiger partial charge in [-0.15, -0.1) is 0 Å². The first-order valence-corrected chi connectivity index (χ1v) is 7.25. The van der Waals surface area contributed by atoms with E-state index in [0.717, 1.165) is 49.2 Å². The molecule has 3 rings (SSSR count). The molecule has 1 N–H and O–H groups in total. The van der Waals surface area contributed by atoms with Crippen molar-refractivity contribution >= 4 is 0 Å². The topological polar surface area (TPSA) is 63.8 Å². The molecule has 1 aliphatic rings. The maximum absolute atomic E-state index is 5.56. The Labute approximate surface area is 118 Å². The Hall–Kier alpha value is -1.75. The highest BCUT2D eigenvalue weighted by atomic mass is 16.5. The van der Waals surface area contributed by atoms with Crippen molar-refractivity contribution in [2.75, 3.05) is 6.54 Å². The van der Waals surface area contributed by atoms with Gasteiger partial charge in [0.2, 0.25) is 11.7 Å². The van der Waals surface area contributed by atoms with E-state index >= 15 is 0 Å². The molecule has 0 spiro atoms. The third kappa shape index (κ3) is 2.22.